The van der Waals surface area contributed by atoms with E-state index >= 15 is 0 Å². The van der Waals surface area contributed by atoms with Gasteiger partial charge in [-0.05, 0) is 104 Å². The Morgan fingerprint density at radius 3 is 2.65 bits per heavy atom. The lowest BCUT2D eigenvalue weighted by atomic mass is 9.80. The van der Waals surface area contributed by atoms with E-state index in [4.69, 9.17) is 10.5 Å². The number of rotatable bonds is 7. The van der Waals surface area contributed by atoms with E-state index in [1.54, 1.807) is 6.08 Å². The monoisotopic (exact) mass is 540 g/mol. The Morgan fingerprint density at radius 1 is 1.05 bits per heavy atom. The number of hydrogen-bond donors (Lipinski definition) is 3. The van der Waals surface area contributed by atoms with Gasteiger partial charge < -0.3 is 25.7 Å². The van der Waals surface area contributed by atoms with Gasteiger partial charge in [-0.3, -0.25) is 9.59 Å². The molecule has 1 aromatic heterocycles. The number of ether oxygens (including phenoxy) is 1. The topological polar surface area (TPSA) is 100 Å². The van der Waals surface area contributed by atoms with Crippen molar-refractivity contribution in [1.29, 1.82) is 0 Å². The fraction of sp³-hybridized carbons (Fsp3) is 0.455. The summed E-state index contributed by atoms with van der Waals surface area (Å²) in [5.41, 5.74) is 10.7. The van der Waals surface area contributed by atoms with Crippen molar-refractivity contribution in [2.45, 2.75) is 69.4 Å². The van der Waals surface area contributed by atoms with Gasteiger partial charge in [-0.25, -0.2) is 0 Å². The van der Waals surface area contributed by atoms with Gasteiger partial charge in [-0.15, -0.1) is 0 Å². The molecular formula is C33H40N4O3. The third-order valence-electron chi connectivity index (χ3n) is 9.18. The van der Waals surface area contributed by atoms with Gasteiger partial charge >= 0.3 is 0 Å². The average Bonchev–Trinajstić information content (AvgIpc) is 3.43. The van der Waals surface area contributed by atoms with E-state index in [0.717, 1.165) is 69.3 Å². The smallest absolute Gasteiger partial charge is 0.246 e. The Bertz CT molecular complexity index is 1380. The molecule has 0 radical (unpaired) electrons. The molecule has 2 aliphatic heterocycles. The van der Waals surface area contributed by atoms with Crippen LogP contribution in [0.1, 0.15) is 67.6 Å². The van der Waals surface area contributed by atoms with E-state index in [9.17, 15) is 9.59 Å². The molecule has 0 bridgehead atoms. The SMILES string of the molecule is NC(=O)C(NC1CCC(c2c[nH]c3ccccc23)CC1)C1CCN(C(=O)/C=C/c2ccc3c(c2)CCCO3)CC1. The summed E-state index contributed by atoms with van der Waals surface area (Å²) in [5.74, 6) is 1.39. The molecule has 1 unspecified atom stereocenters. The highest BCUT2D eigenvalue weighted by molar-refractivity contribution is 5.92. The summed E-state index contributed by atoms with van der Waals surface area (Å²) in [7, 11) is 0. The lowest BCUT2D eigenvalue weighted by molar-refractivity contribution is -0.128. The largest absolute Gasteiger partial charge is 0.493 e. The van der Waals surface area contributed by atoms with Crippen LogP contribution in [0.25, 0.3) is 17.0 Å². The summed E-state index contributed by atoms with van der Waals surface area (Å²) >= 11 is 0. The van der Waals surface area contributed by atoms with Crippen molar-refractivity contribution in [3.8, 4) is 5.75 Å². The van der Waals surface area contributed by atoms with Crippen LogP contribution in [-0.2, 0) is 16.0 Å². The third-order valence-corrected chi connectivity index (χ3v) is 9.18. The molecule has 1 saturated carbocycles. The number of piperidine rings is 1. The molecule has 1 aliphatic carbocycles. The minimum Gasteiger partial charge on any atom is -0.493 e. The first-order chi connectivity index (χ1) is 19.5. The van der Waals surface area contributed by atoms with E-state index in [2.05, 4.69) is 46.8 Å². The van der Waals surface area contributed by atoms with Crippen molar-refractivity contribution in [1.82, 2.24) is 15.2 Å². The second-order valence-electron chi connectivity index (χ2n) is 11.7. The molecule has 2 fully saturated rings. The molecule has 40 heavy (non-hydrogen) atoms. The zero-order valence-corrected chi connectivity index (χ0v) is 23.1. The number of carbonyl (C=O) groups excluding carboxylic acids is 2. The summed E-state index contributed by atoms with van der Waals surface area (Å²) in [5, 5.41) is 4.96. The fourth-order valence-electron chi connectivity index (χ4n) is 6.92. The van der Waals surface area contributed by atoms with E-state index in [-0.39, 0.29) is 23.8 Å². The molecule has 7 nitrogen and oxygen atoms in total. The number of primary amides is 1. The summed E-state index contributed by atoms with van der Waals surface area (Å²) in [4.78, 5) is 30.7. The summed E-state index contributed by atoms with van der Waals surface area (Å²) in [6.07, 6.45) is 13.6. The number of aromatic nitrogens is 1. The van der Waals surface area contributed by atoms with Gasteiger partial charge in [0.15, 0.2) is 0 Å². The first-order valence-electron chi connectivity index (χ1n) is 14.9. The highest BCUT2D eigenvalue weighted by atomic mass is 16.5. The summed E-state index contributed by atoms with van der Waals surface area (Å²) in [6.45, 7) is 2.06. The number of aromatic amines is 1. The molecular weight excluding hydrogens is 500 g/mol. The molecule has 1 atom stereocenters. The lowest BCUT2D eigenvalue weighted by Crippen LogP contribution is -2.54. The predicted molar refractivity (Wildman–Crippen MR) is 158 cm³/mol. The number of H-pyrrole nitrogens is 1. The van der Waals surface area contributed by atoms with E-state index in [1.807, 2.05) is 23.1 Å². The minimum atomic E-state index is -0.347. The van der Waals surface area contributed by atoms with Gasteiger partial charge in [-0.1, -0.05) is 24.3 Å². The van der Waals surface area contributed by atoms with Crippen molar-refractivity contribution < 1.29 is 14.3 Å². The molecule has 1 saturated heterocycles. The maximum Gasteiger partial charge on any atom is 0.246 e. The van der Waals surface area contributed by atoms with Crippen molar-refractivity contribution in [3.63, 3.8) is 0 Å². The maximum absolute atomic E-state index is 12.9. The molecule has 6 rings (SSSR count). The summed E-state index contributed by atoms with van der Waals surface area (Å²) in [6, 6.07) is 14.5. The van der Waals surface area contributed by atoms with Crippen LogP contribution >= 0.6 is 0 Å². The second-order valence-corrected chi connectivity index (χ2v) is 11.7. The van der Waals surface area contributed by atoms with E-state index in [1.165, 1.54) is 22.0 Å². The Kier molecular flexibility index (Phi) is 7.91. The number of likely N-dealkylation sites (tertiary alicyclic amines) is 1. The van der Waals surface area contributed by atoms with Crippen molar-refractivity contribution >= 4 is 28.8 Å². The molecule has 210 valence electrons. The van der Waals surface area contributed by atoms with Crippen LogP contribution in [-0.4, -0.2) is 53.5 Å². The average molecular weight is 541 g/mol. The summed E-state index contributed by atoms with van der Waals surface area (Å²) < 4.78 is 5.69. The van der Waals surface area contributed by atoms with Gasteiger partial charge in [0, 0.05) is 42.3 Å². The van der Waals surface area contributed by atoms with Gasteiger partial charge in [0.1, 0.15) is 5.75 Å². The highest BCUT2D eigenvalue weighted by Crippen LogP contribution is 2.37. The molecule has 7 heteroatoms. The molecule has 0 spiro atoms. The van der Waals surface area contributed by atoms with Crippen LogP contribution in [0, 0.1) is 5.92 Å². The van der Waals surface area contributed by atoms with Crippen molar-refractivity contribution in [2.24, 2.45) is 11.7 Å². The number of fused-ring (bicyclic) bond motifs is 2. The number of hydrogen-bond acceptors (Lipinski definition) is 4. The maximum atomic E-state index is 12.9. The van der Waals surface area contributed by atoms with Crippen LogP contribution in [0.3, 0.4) is 0 Å². The van der Waals surface area contributed by atoms with Gasteiger partial charge in [0.05, 0.1) is 12.6 Å². The Labute approximate surface area is 236 Å². The zero-order chi connectivity index (χ0) is 27.5. The number of carbonyl (C=O) groups is 2. The van der Waals surface area contributed by atoms with Crippen LogP contribution in [0.5, 0.6) is 5.75 Å². The second kappa shape index (κ2) is 11.9. The van der Waals surface area contributed by atoms with Crippen LogP contribution in [0.2, 0.25) is 0 Å². The molecule has 3 heterocycles. The van der Waals surface area contributed by atoms with Crippen molar-refractivity contribution in [3.05, 3.63) is 71.4 Å². The number of para-hydroxylation sites is 1. The third kappa shape index (κ3) is 5.80. The van der Waals surface area contributed by atoms with Crippen molar-refractivity contribution in [2.75, 3.05) is 19.7 Å². The normalized spacial score (nSPS) is 22.6. The Hall–Kier alpha value is -3.58. The van der Waals surface area contributed by atoms with Gasteiger partial charge in [0.2, 0.25) is 11.8 Å². The standard InChI is InChI=1S/C33H40N4O3/c34-33(39)32(36-26-11-9-23(10-12-26)28-21-35-29-6-2-1-5-27(28)29)24-15-17-37(18-16-24)31(38)14-8-22-7-13-30-25(20-22)4-3-19-40-30/h1-2,5-8,13-14,20-21,23-24,26,32,35-36H,3-4,9-12,15-19H2,(H2,34,39)/b14-8+. The highest BCUT2D eigenvalue weighted by Gasteiger charge is 2.34. The predicted octanol–water partition coefficient (Wildman–Crippen LogP) is 4.91. The van der Waals surface area contributed by atoms with Crippen LogP contribution in [0.4, 0.5) is 0 Å². The van der Waals surface area contributed by atoms with Gasteiger partial charge in [0.25, 0.3) is 0 Å². The molecule has 3 aliphatic rings. The molecule has 2 aromatic carbocycles. The molecule has 2 amide bonds. The number of benzene rings is 2. The zero-order valence-electron chi connectivity index (χ0n) is 23.1. The molecule has 4 N–H and O–H groups in total. The number of nitrogens with zero attached hydrogens (tertiary/aromatic N) is 1. The number of amides is 2. The number of aryl methyl sites for hydroxylation is 1. The number of nitrogens with one attached hydrogen (secondary N) is 2. The fourth-order valence-corrected chi connectivity index (χ4v) is 6.92. The Morgan fingerprint density at radius 2 is 1.85 bits per heavy atom. The van der Waals surface area contributed by atoms with Crippen LogP contribution < -0.4 is 15.8 Å². The molecule has 3 aromatic rings. The first kappa shape index (κ1) is 26.6. The Balaban J connectivity index is 0.996. The van der Waals surface area contributed by atoms with Crippen LogP contribution in [0.15, 0.2) is 54.7 Å². The quantitative estimate of drug-likeness (QED) is 0.371. The lowest BCUT2D eigenvalue weighted by Gasteiger charge is -2.38. The number of nitrogens with two attached hydrogens (primary N) is 1. The first-order valence-corrected chi connectivity index (χ1v) is 14.9. The van der Waals surface area contributed by atoms with E-state index in [0.29, 0.717) is 25.0 Å². The van der Waals surface area contributed by atoms with E-state index < -0.39 is 0 Å². The van der Waals surface area contributed by atoms with Gasteiger partial charge in [-0.2, -0.15) is 0 Å². The minimum absolute atomic E-state index is 0.0200.